The third-order valence-corrected chi connectivity index (χ3v) is 5.50. The van der Waals surface area contributed by atoms with Crippen LogP contribution in [0.25, 0.3) is 0 Å². The van der Waals surface area contributed by atoms with Crippen molar-refractivity contribution in [3.63, 3.8) is 0 Å². The zero-order chi connectivity index (χ0) is 19.5. The molecule has 1 atom stereocenters. The minimum absolute atomic E-state index is 0. The summed E-state index contributed by atoms with van der Waals surface area (Å²) in [5.74, 6) is 1.55. The van der Waals surface area contributed by atoms with Crippen LogP contribution in [0.15, 0.2) is 49.2 Å². The first-order valence-corrected chi connectivity index (χ1v) is 9.63. The molecule has 1 aliphatic heterocycles. The molecular formula is C22H27ClN4O2. The molecule has 3 heterocycles. The van der Waals surface area contributed by atoms with Crippen LogP contribution in [0.4, 0.5) is 0 Å². The number of rotatable bonds is 6. The van der Waals surface area contributed by atoms with E-state index in [1.807, 2.05) is 24.9 Å². The quantitative estimate of drug-likeness (QED) is 0.612. The zero-order valence-electron chi connectivity index (χ0n) is 17.0. The Morgan fingerprint density at radius 2 is 1.79 bits per heavy atom. The van der Waals surface area contributed by atoms with Crippen LogP contribution in [0.1, 0.15) is 35.3 Å². The first-order valence-electron chi connectivity index (χ1n) is 9.63. The van der Waals surface area contributed by atoms with Gasteiger partial charge in [0, 0.05) is 38.2 Å². The average Bonchev–Trinajstić information content (AvgIpc) is 3.20. The number of hydrogen-bond acceptors (Lipinski definition) is 5. The minimum Gasteiger partial charge on any atom is -0.493 e. The summed E-state index contributed by atoms with van der Waals surface area (Å²) in [6.45, 7) is 4.87. The molecule has 2 aromatic heterocycles. The third-order valence-electron chi connectivity index (χ3n) is 5.50. The molecule has 0 bridgehead atoms. The molecule has 29 heavy (non-hydrogen) atoms. The molecule has 0 amide bonds. The fraction of sp³-hybridized carbons (Fsp3) is 0.364. The number of fused-ring (bicyclic) bond motifs is 1. The van der Waals surface area contributed by atoms with E-state index in [2.05, 4.69) is 50.6 Å². The maximum Gasteiger partial charge on any atom is 0.161 e. The van der Waals surface area contributed by atoms with Gasteiger partial charge in [-0.2, -0.15) is 0 Å². The molecule has 0 radical (unpaired) electrons. The zero-order valence-corrected chi connectivity index (χ0v) is 17.9. The number of aromatic nitrogens is 3. The van der Waals surface area contributed by atoms with E-state index in [0.717, 1.165) is 37.6 Å². The van der Waals surface area contributed by atoms with Crippen LogP contribution in [0.3, 0.4) is 0 Å². The second kappa shape index (κ2) is 9.29. The highest BCUT2D eigenvalue weighted by Gasteiger charge is 2.31. The molecule has 3 aromatic rings. The molecule has 0 aliphatic carbocycles. The largest absolute Gasteiger partial charge is 0.493 e. The number of benzene rings is 1. The third kappa shape index (κ3) is 4.09. The molecule has 0 saturated carbocycles. The molecule has 1 aliphatic rings. The van der Waals surface area contributed by atoms with Gasteiger partial charge in [-0.05, 0) is 54.3 Å². The fourth-order valence-corrected chi connectivity index (χ4v) is 4.08. The van der Waals surface area contributed by atoms with Crippen LogP contribution < -0.4 is 9.47 Å². The smallest absolute Gasteiger partial charge is 0.161 e. The van der Waals surface area contributed by atoms with Gasteiger partial charge >= 0.3 is 0 Å². The summed E-state index contributed by atoms with van der Waals surface area (Å²) >= 11 is 0. The molecule has 0 saturated heterocycles. The summed E-state index contributed by atoms with van der Waals surface area (Å²) in [4.78, 5) is 11.1. The Bertz CT molecular complexity index is 945. The molecule has 154 valence electrons. The number of pyridine rings is 1. The number of methoxy groups -OCH3 is 2. The van der Waals surface area contributed by atoms with Crippen molar-refractivity contribution in [3.8, 4) is 11.5 Å². The van der Waals surface area contributed by atoms with E-state index in [0.29, 0.717) is 0 Å². The summed E-state index contributed by atoms with van der Waals surface area (Å²) in [5.41, 5.74) is 5.02. The molecule has 1 aromatic carbocycles. The van der Waals surface area contributed by atoms with Gasteiger partial charge in [0.05, 0.1) is 32.3 Å². The lowest BCUT2D eigenvalue weighted by molar-refractivity contribution is 0.198. The lowest BCUT2D eigenvalue weighted by Gasteiger charge is -2.38. The summed E-state index contributed by atoms with van der Waals surface area (Å²) in [5, 5.41) is 0. The highest BCUT2D eigenvalue weighted by molar-refractivity contribution is 5.85. The molecule has 7 heteroatoms. The van der Waals surface area contributed by atoms with E-state index < -0.39 is 0 Å². The van der Waals surface area contributed by atoms with Crippen molar-refractivity contribution in [2.45, 2.75) is 32.5 Å². The number of halogens is 1. The van der Waals surface area contributed by atoms with Crippen molar-refractivity contribution >= 4 is 12.4 Å². The number of nitrogens with zero attached hydrogens (tertiary/aromatic N) is 4. The molecule has 6 nitrogen and oxygen atoms in total. The van der Waals surface area contributed by atoms with Gasteiger partial charge < -0.3 is 14.0 Å². The summed E-state index contributed by atoms with van der Waals surface area (Å²) in [7, 11) is 3.37. The van der Waals surface area contributed by atoms with E-state index in [4.69, 9.17) is 9.47 Å². The number of hydrogen-bond donors (Lipinski definition) is 0. The van der Waals surface area contributed by atoms with Gasteiger partial charge in [0.15, 0.2) is 11.5 Å². The molecule has 0 fully saturated rings. The summed E-state index contributed by atoms with van der Waals surface area (Å²) in [6, 6.07) is 8.58. The maximum absolute atomic E-state index is 5.59. The van der Waals surface area contributed by atoms with Crippen molar-refractivity contribution in [1.29, 1.82) is 0 Å². The van der Waals surface area contributed by atoms with E-state index in [1.165, 1.54) is 22.4 Å². The Kier molecular flexibility index (Phi) is 6.77. The van der Waals surface area contributed by atoms with Crippen molar-refractivity contribution in [1.82, 2.24) is 19.4 Å². The lowest BCUT2D eigenvalue weighted by atomic mass is 9.88. The number of aryl methyl sites for hydroxylation is 1. The van der Waals surface area contributed by atoms with Gasteiger partial charge in [-0.25, -0.2) is 4.98 Å². The van der Waals surface area contributed by atoms with Gasteiger partial charge in [-0.15, -0.1) is 12.4 Å². The predicted octanol–water partition coefficient (Wildman–Crippen LogP) is 3.88. The molecule has 0 spiro atoms. The van der Waals surface area contributed by atoms with E-state index in [1.54, 1.807) is 14.2 Å². The second-order valence-electron chi connectivity index (χ2n) is 6.98. The van der Waals surface area contributed by atoms with E-state index in [9.17, 15) is 0 Å². The van der Waals surface area contributed by atoms with Crippen LogP contribution in [0.5, 0.6) is 11.5 Å². The molecule has 1 unspecified atom stereocenters. The summed E-state index contributed by atoms with van der Waals surface area (Å²) < 4.78 is 13.3. The predicted molar refractivity (Wildman–Crippen MR) is 115 cm³/mol. The van der Waals surface area contributed by atoms with Crippen molar-refractivity contribution in [3.05, 3.63) is 71.6 Å². The number of ether oxygens (including phenoxy) is 2. The molecule has 4 rings (SSSR count). The van der Waals surface area contributed by atoms with Crippen molar-refractivity contribution in [2.24, 2.45) is 0 Å². The van der Waals surface area contributed by atoms with Crippen molar-refractivity contribution < 1.29 is 9.47 Å². The first kappa shape index (κ1) is 21.1. The van der Waals surface area contributed by atoms with Crippen LogP contribution in [0.2, 0.25) is 0 Å². The highest BCUT2D eigenvalue weighted by Crippen LogP contribution is 2.41. The standard InChI is InChI=1S/C22H26N4O2.ClH/c1-4-25-15-24-13-18(25)14-26-10-7-17-11-20(27-2)21(28-3)12-19(17)22(26)16-5-8-23-9-6-16;/h5-6,8-9,11-13,15,22H,4,7,10,14H2,1-3H3;1H. The van der Waals surface area contributed by atoms with Crippen LogP contribution in [0, 0.1) is 0 Å². The normalized spacial score (nSPS) is 16.0. The Labute approximate surface area is 177 Å². The monoisotopic (exact) mass is 414 g/mol. The van der Waals surface area contributed by atoms with E-state index >= 15 is 0 Å². The van der Waals surface area contributed by atoms with Crippen LogP contribution in [-0.4, -0.2) is 40.2 Å². The molecular weight excluding hydrogens is 388 g/mol. The van der Waals surface area contributed by atoms with E-state index in [-0.39, 0.29) is 18.4 Å². The highest BCUT2D eigenvalue weighted by atomic mass is 35.5. The Morgan fingerprint density at radius 3 is 2.48 bits per heavy atom. The van der Waals surface area contributed by atoms with Gasteiger partial charge in [0.25, 0.3) is 0 Å². The second-order valence-corrected chi connectivity index (χ2v) is 6.98. The first-order chi connectivity index (χ1) is 13.7. The minimum atomic E-state index is 0. The Morgan fingerprint density at radius 1 is 1.07 bits per heavy atom. The number of imidazole rings is 1. The topological polar surface area (TPSA) is 52.4 Å². The average molecular weight is 415 g/mol. The van der Waals surface area contributed by atoms with Crippen LogP contribution in [-0.2, 0) is 19.5 Å². The molecule has 0 N–H and O–H groups in total. The van der Waals surface area contributed by atoms with Gasteiger partial charge in [-0.1, -0.05) is 0 Å². The summed E-state index contributed by atoms with van der Waals surface area (Å²) in [6.07, 6.45) is 8.56. The Hall–Kier alpha value is -2.57. The van der Waals surface area contributed by atoms with Crippen molar-refractivity contribution in [2.75, 3.05) is 20.8 Å². The van der Waals surface area contributed by atoms with Gasteiger partial charge in [-0.3, -0.25) is 9.88 Å². The lowest BCUT2D eigenvalue weighted by Crippen LogP contribution is -2.36. The fourth-order valence-electron chi connectivity index (χ4n) is 4.08. The van der Waals surface area contributed by atoms with Crippen LogP contribution >= 0.6 is 12.4 Å². The maximum atomic E-state index is 5.59. The van der Waals surface area contributed by atoms with Gasteiger partial charge in [0.1, 0.15) is 0 Å². The van der Waals surface area contributed by atoms with Gasteiger partial charge in [0.2, 0.25) is 0 Å². The Balaban J connectivity index is 0.00000240. The SMILES string of the molecule is CCn1cncc1CN1CCc2cc(OC)c(OC)cc2C1c1ccncc1.Cl.